The number of likely N-dealkylation sites (tertiary alicyclic amines) is 1. The summed E-state index contributed by atoms with van der Waals surface area (Å²) in [7, 11) is 0. The molecule has 2 atom stereocenters. The molecule has 1 heterocycles. The van der Waals surface area contributed by atoms with Crippen molar-refractivity contribution in [3.05, 3.63) is 59.7 Å². The number of rotatable bonds is 6. The van der Waals surface area contributed by atoms with Gasteiger partial charge in [0.15, 0.2) is 0 Å². The van der Waals surface area contributed by atoms with E-state index >= 15 is 0 Å². The number of fused-ring (bicyclic) bond motifs is 3. The number of carbonyl (C=O) groups excluding carboxylic acids is 2. The molecule has 2 aromatic rings. The first-order chi connectivity index (χ1) is 16.7. The first kappa shape index (κ1) is 24.8. The van der Waals surface area contributed by atoms with Crippen LogP contribution >= 0.6 is 0 Å². The fourth-order valence-electron chi connectivity index (χ4n) is 5.13. The van der Waals surface area contributed by atoms with Gasteiger partial charge in [0.1, 0.15) is 12.6 Å². The van der Waals surface area contributed by atoms with Crippen LogP contribution in [0.1, 0.15) is 63.5 Å². The summed E-state index contributed by atoms with van der Waals surface area (Å²) >= 11 is 0. The van der Waals surface area contributed by atoms with E-state index in [9.17, 15) is 19.5 Å². The molecule has 1 aliphatic carbocycles. The van der Waals surface area contributed by atoms with Crippen LogP contribution in [0.15, 0.2) is 48.5 Å². The van der Waals surface area contributed by atoms with E-state index < -0.39 is 29.6 Å². The summed E-state index contributed by atoms with van der Waals surface area (Å²) in [6, 6.07) is 15.0. The molecule has 2 N–H and O–H groups in total. The van der Waals surface area contributed by atoms with Crippen LogP contribution in [0.25, 0.3) is 11.1 Å². The van der Waals surface area contributed by atoms with Gasteiger partial charge in [-0.1, -0.05) is 69.3 Å². The smallest absolute Gasteiger partial charge is 0.407 e. The van der Waals surface area contributed by atoms with Gasteiger partial charge in [-0.2, -0.15) is 0 Å². The lowest BCUT2D eigenvalue weighted by Gasteiger charge is -2.36. The summed E-state index contributed by atoms with van der Waals surface area (Å²) in [6.07, 6.45) is 1.49. The van der Waals surface area contributed by atoms with Crippen LogP contribution in [0.4, 0.5) is 4.79 Å². The van der Waals surface area contributed by atoms with Gasteiger partial charge in [-0.15, -0.1) is 0 Å². The number of nitrogens with zero attached hydrogens (tertiary/aromatic N) is 1. The second kappa shape index (κ2) is 10.1. The average Bonchev–Trinajstić information content (AvgIpc) is 3.15. The molecule has 0 bridgehead atoms. The number of benzene rings is 2. The Bertz CT molecular complexity index is 1060. The van der Waals surface area contributed by atoms with Gasteiger partial charge in [0.05, 0.1) is 0 Å². The van der Waals surface area contributed by atoms with Crippen LogP contribution in [0, 0.1) is 5.41 Å². The summed E-state index contributed by atoms with van der Waals surface area (Å²) in [5, 5.41) is 12.4. The molecular weight excluding hydrogens is 444 g/mol. The van der Waals surface area contributed by atoms with Crippen molar-refractivity contribution in [3.8, 4) is 11.1 Å². The normalized spacial score (nSPS) is 18.4. The number of amides is 2. The molecule has 7 nitrogen and oxygen atoms in total. The fraction of sp³-hybridized carbons (Fsp3) is 0.464. The van der Waals surface area contributed by atoms with Crippen LogP contribution in [-0.4, -0.2) is 53.2 Å². The lowest BCUT2D eigenvalue weighted by atomic mass is 9.84. The highest BCUT2D eigenvalue weighted by atomic mass is 16.5. The van der Waals surface area contributed by atoms with Crippen LogP contribution in [-0.2, 0) is 14.3 Å². The van der Waals surface area contributed by atoms with E-state index in [2.05, 4.69) is 29.6 Å². The molecule has 0 aromatic heterocycles. The Balaban J connectivity index is 1.42. The SMILES string of the molecule is CC(C)(C)C(CC(=O)N1CCCC[C@@H]1C(=O)O)NC(=O)OCC1c2ccccc2-c2ccccc21. The zero-order valence-corrected chi connectivity index (χ0v) is 20.6. The molecule has 0 spiro atoms. The number of carbonyl (C=O) groups is 3. The van der Waals surface area contributed by atoms with Gasteiger partial charge in [0.25, 0.3) is 0 Å². The van der Waals surface area contributed by atoms with Gasteiger partial charge in [0.2, 0.25) is 5.91 Å². The van der Waals surface area contributed by atoms with Crippen molar-refractivity contribution < 1.29 is 24.2 Å². The summed E-state index contributed by atoms with van der Waals surface area (Å²) in [4.78, 5) is 39.0. The van der Waals surface area contributed by atoms with Crippen molar-refractivity contribution in [2.45, 2.75) is 64.5 Å². The summed E-state index contributed by atoms with van der Waals surface area (Å²) in [6.45, 7) is 6.45. The second-order valence-corrected chi connectivity index (χ2v) is 10.5. The largest absolute Gasteiger partial charge is 0.480 e. The quantitative estimate of drug-likeness (QED) is 0.622. The number of nitrogens with one attached hydrogen (secondary N) is 1. The van der Waals surface area contributed by atoms with E-state index in [0.717, 1.165) is 35.1 Å². The Morgan fingerprint density at radius 2 is 1.63 bits per heavy atom. The topological polar surface area (TPSA) is 95.9 Å². The molecule has 4 rings (SSSR count). The van der Waals surface area contributed by atoms with E-state index in [-0.39, 0.29) is 24.9 Å². The van der Waals surface area contributed by atoms with E-state index in [4.69, 9.17) is 4.74 Å². The summed E-state index contributed by atoms with van der Waals surface area (Å²) in [5.74, 6) is -1.28. The molecular formula is C28H34N2O5. The van der Waals surface area contributed by atoms with Crippen molar-refractivity contribution >= 4 is 18.0 Å². The molecule has 2 aromatic carbocycles. The van der Waals surface area contributed by atoms with Gasteiger partial charge >= 0.3 is 12.1 Å². The fourth-order valence-corrected chi connectivity index (χ4v) is 5.13. The number of piperidine rings is 1. The number of carboxylic acid groups (broad SMARTS) is 1. The number of hydrogen-bond donors (Lipinski definition) is 2. The van der Waals surface area contributed by atoms with E-state index in [1.54, 1.807) is 0 Å². The van der Waals surface area contributed by atoms with Crippen molar-refractivity contribution in [2.75, 3.05) is 13.2 Å². The molecule has 35 heavy (non-hydrogen) atoms. The third kappa shape index (κ3) is 5.34. The maximum absolute atomic E-state index is 13.1. The molecule has 1 saturated heterocycles. The molecule has 1 fully saturated rings. The highest BCUT2D eigenvalue weighted by Crippen LogP contribution is 2.44. The molecule has 0 saturated carbocycles. The molecule has 2 aliphatic rings. The zero-order valence-electron chi connectivity index (χ0n) is 20.6. The van der Waals surface area contributed by atoms with Gasteiger partial charge in [-0.25, -0.2) is 9.59 Å². The maximum Gasteiger partial charge on any atom is 0.407 e. The predicted molar refractivity (Wildman–Crippen MR) is 133 cm³/mol. The molecule has 2 amide bonds. The number of carboxylic acids is 1. The van der Waals surface area contributed by atoms with Gasteiger partial charge in [-0.3, -0.25) is 4.79 Å². The monoisotopic (exact) mass is 478 g/mol. The number of hydrogen-bond acceptors (Lipinski definition) is 4. The maximum atomic E-state index is 13.1. The molecule has 186 valence electrons. The van der Waals surface area contributed by atoms with Crippen LogP contribution in [0.2, 0.25) is 0 Å². The lowest BCUT2D eigenvalue weighted by molar-refractivity contribution is -0.152. The zero-order chi connectivity index (χ0) is 25.2. The Morgan fingerprint density at radius 1 is 1.03 bits per heavy atom. The Morgan fingerprint density at radius 3 is 2.20 bits per heavy atom. The molecule has 1 unspecified atom stereocenters. The second-order valence-electron chi connectivity index (χ2n) is 10.5. The van der Waals surface area contributed by atoms with E-state index in [1.807, 2.05) is 45.0 Å². The standard InChI is InChI=1S/C28H34N2O5/c1-28(2,3)24(16-25(31)30-15-9-8-14-23(30)26(32)33)29-27(34)35-17-22-20-12-6-4-10-18(20)19-11-5-7-13-21(19)22/h4-7,10-13,22-24H,8-9,14-17H2,1-3H3,(H,29,34)(H,32,33)/t23-,24?/m1/s1. The average molecular weight is 479 g/mol. The molecule has 0 radical (unpaired) electrons. The Hall–Kier alpha value is -3.35. The van der Waals surface area contributed by atoms with Crippen molar-refractivity contribution in [1.82, 2.24) is 10.2 Å². The van der Waals surface area contributed by atoms with Gasteiger partial charge in [0, 0.05) is 24.9 Å². The molecule has 1 aliphatic heterocycles. The van der Waals surface area contributed by atoms with Crippen molar-refractivity contribution in [2.24, 2.45) is 5.41 Å². The van der Waals surface area contributed by atoms with Crippen molar-refractivity contribution in [3.63, 3.8) is 0 Å². The Labute approximate surface area is 206 Å². The van der Waals surface area contributed by atoms with E-state index in [1.165, 1.54) is 4.90 Å². The third-order valence-electron chi connectivity index (χ3n) is 7.17. The van der Waals surface area contributed by atoms with Gasteiger partial charge in [-0.05, 0) is 46.9 Å². The number of aliphatic carboxylic acids is 1. The minimum atomic E-state index is -0.977. The minimum absolute atomic E-state index is 0.0253. The van der Waals surface area contributed by atoms with Crippen LogP contribution in [0.5, 0.6) is 0 Å². The first-order valence-electron chi connectivity index (χ1n) is 12.3. The van der Waals surface area contributed by atoms with Crippen LogP contribution < -0.4 is 5.32 Å². The first-order valence-corrected chi connectivity index (χ1v) is 12.3. The summed E-state index contributed by atoms with van der Waals surface area (Å²) in [5.41, 5.74) is 4.16. The highest BCUT2D eigenvalue weighted by molar-refractivity contribution is 5.84. The lowest BCUT2D eigenvalue weighted by Crippen LogP contribution is -2.52. The number of ether oxygens (including phenoxy) is 1. The highest BCUT2D eigenvalue weighted by Gasteiger charge is 2.36. The Kier molecular flexibility index (Phi) is 7.15. The summed E-state index contributed by atoms with van der Waals surface area (Å²) < 4.78 is 5.68. The van der Waals surface area contributed by atoms with Crippen LogP contribution in [0.3, 0.4) is 0 Å². The minimum Gasteiger partial charge on any atom is -0.480 e. The van der Waals surface area contributed by atoms with E-state index in [0.29, 0.717) is 13.0 Å². The van der Waals surface area contributed by atoms with Gasteiger partial charge < -0.3 is 20.1 Å². The third-order valence-corrected chi connectivity index (χ3v) is 7.17. The predicted octanol–water partition coefficient (Wildman–Crippen LogP) is 4.80. The number of alkyl carbamates (subject to hydrolysis) is 1. The van der Waals surface area contributed by atoms with Crippen molar-refractivity contribution in [1.29, 1.82) is 0 Å². The molecule has 7 heteroatoms.